The Bertz CT molecular complexity index is 547. The molecule has 7 heteroatoms. The number of hydrogen-bond donors (Lipinski definition) is 1. The molecule has 2 rings (SSSR count). The van der Waals surface area contributed by atoms with Crippen LogP contribution in [0.5, 0.6) is 0 Å². The van der Waals surface area contributed by atoms with Crippen LogP contribution in [0.25, 0.3) is 5.82 Å². The molecule has 0 aliphatic heterocycles. The molecular weight excluding hydrogens is 220 g/mol. The first kappa shape index (κ1) is 11.1. The van der Waals surface area contributed by atoms with Crippen molar-refractivity contribution in [3.8, 4) is 5.82 Å². The van der Waals surface area contributed by atoms with Gasteiger partial charge < -0.3 is 10.6 Å². The van der Waals surface area contributed by atoms with Crippen LogP contribution in [0.15, 0.2) is 24.7 Å². The molecule has 0 spiro atoms. The van der Waals surface area contributed by atoms with Gasteiger partial charge in [0.1, 0.15) is 12.1 Å². The van der Waals surface area contributed by atoms with Gasteiger partial charge in [-0.05, 0) is 6.07 Å². The second-order valence-electron chi connectivity index (χ2n) is 3.65. The molecule has 1 amide bonds. The number of rotatable bonds is 2. The summed E-state index contributed by atoms with van der Waals surface area (Å²) in [5.41, 5.74) is 5.90. The highest BCUT2D eigenvalue weighted by Gasteiger charge is 2.12. The number of nitrogen functional groups attached to an aromatic ring is 1. The molecular formula is C10H12N6O. The lowest BCUT2D eigenvalue weighted by atomic mass is 10.4. The Balaban J connectivity index is 2.33. The van der Waals surface area contributed by atoms with E-state index in [1.54, 1.807) is 32.4 Å². The number of hydrogen-bond acceptors (Lipinski definition) is 5. The topological polar surface area (TPSA) is 89.9 Å². The largest absolute Gasteiger partial charge is 0.384 e. The number of aromatic nitrogens is 4. The maximum atomic E-state index is 11.6. The normalized spacial score (nSPS) is 10.2. The van der Waals surface area contributed by atoms with Gasteiger partial charge in [-0.15, -0.1) is 0 Å². The van der Waals surface area contributed by atoms with Crippen molar-refractivity contribution >= 4 is 11.7 Å². The predicted molar refractivity (Wildman–Crippen MR) is 61.6 cm³/mol. The van der Waals surface area contributed by atoms with Gasteiger partial charge in [-0.25, -0.2) is 14.6 Å². The highest BCUT2D eigenvalue weighted by molar-refractivity contribution is 5.91. The van der Waals surface area contributed by atoms with Crippen LogP contribution in [-0.2, 0) is 0 Å². The van der Waals surface area contributed by atoms with Crippen molar-refractivity contribution in [1.29, 1.82) is 0 Å². The average Bonchev–Trinajstić information content (AvgIpc) is 2.77. The minimum absolute atomic E-state index is 0.161. The van der Waals surface area contributed by atoms with E-state index in [1.165, 1.54) is 15.9 Å². The van der Waals surface area contributed by atoms with Gasteiger partial charge in [0.25, 0.3) is 5.91 Å². The molecule has 0 fully saturated rings. The van der Waals surface area contributed by atoms with Gasteiger partial charge in [0.05, 0.1) is 0 Å². The van der Waals surface area contributed by atoms with Crippen molar-refractivity contribution in [2.24, 2.45) is 0 Å². The van der Waals surface area contributed by atoms with Gasteiger partial charge in [-0.3, -0.25) is 4.79 Å². The fourth-order valence-electron chi connectivity index (χ4n) is 1.28. The van der Waals surface area contributed by atoms with Gasteiger partial charge in [0.15, 0.2) is 11.5 Å². The van der Waals surface area contributed by atoms with E-state index >= 15 is 0 Å². The third-order valence-corrected chi connectivity index (χ3v) is 2.12. The summed E-state index contributed by atoms with van der Waals surface area (Å²) in [6, 6.07) is 3.21. The Morgan fingerprint density at radius 1 is 1.41 bits per heavy atom. The van der Waals surface area contributed by atoms with E-state index in [0.717, 1.165) is 0 Å². The molecule has 0 saturated carbocycles. The van der Waals surface area contributed by atoms with Crippen molar-refractivity contribution in [2.75, 3.05) is 19.8 Å². The molecule has 0 radical (unpaired) electrons. The number of amides is 1. The summed E-state index contributed by atoms with van der Waals surface area (Å²) in [4.78, 5) is 20.9. The van der Waals surface area contributed by atoms with Crippen LogP contribution in [0.2, 0.25) is 0 Å². The summed E-state index contributed by atoms with van der Waals surface area (Å²) >= 11 is 0. The summed E-state index contributed by atoms with van der Waals surface area (Å²) in [6.45, 7) is 0. The summed E-state index contributed by atoms with van der Waals surface area (Å²) < 4.78 is 1.48. The number of nitrogens with zero attached hydrogens (tertiary/aromatic N) is 5. The van der Waals surface area contributed by atoms with E-state index in [4.69, 9.17) is 5.73 Å². The van der Waals surface area contributed by atoms with E-state index < -0.39 is 0 Å². The molecule has 17 heavy (non-hydrogen) atoms. The third kappa shape index (κ3) is 2.22. The van der Waals surface area contributed by atoms with E-state index in [0.29, 0.717) is 17.3 Å². The monoisotopic (exact) mass is 232 g/mol. The molecule has 0 saturated heterocycles. The van der Waals surface area contributed by atoms with Crippen molar-refractivity contribution in [2.45, 2.75) is 0 Å². The van der Waals surface area contributed by atoms with Crippen LogP contribution in [0.3, 0.4) is 0 Å². The summed E-state index contributed by atoms with van der Waals surface area (Å²) in [7, 11) is 3.34. The van der Waals surface area contributed by atoms with Gasteiger partial charge in [-0.1, -0.05) is 0 Å². The maximum Gasteiger partial charge on any atom is 0.273 e. The van der Waals surface area contributed by atoms with Crippen molar-refractivity contribution in [3.05, 3.63) is 30.4 Å². The Labute approximate surface area is 97.9 Å². The first-order chi connectivity index (χ1) is 8.08. The molecule has 2 heterocycles. The molecule has 0 bridgehead atoms. The molecule has 0 aliphatic carbocycles. The first-order valence-corrected chi connectivity index (χ1v) is 4.93. The summed E-state index contributed by atoms with van der Waals surface area (Å²) in [6.07, 6.45) is 3.00. The highest BCUT2D eigenvalue weighted by Crippen LogP contribution is 2.07. The Morgan fingerprint density at radius 2 is 2.18 bits per heavy atom. The smallest absolute Gasteiger partial charge is 0.273 e. The number of carbonyl (C=O) groups is 1. The second-order valence-corrected chi connectivity index (χ2v) is 3.65. The first-order valence-electron chi connectivity index (χ1n) is 4.93. The fraction of sp³-hybridized carbons (Fsp3) is 0.200. The van der Waals surface area contributed by atoms with Crippen LogP contribution in [0.1, 0.15) is 10.5 Å². The lowest BCUT2D eigenvalue weighted by Crippen LogP contribution is -2.22. The van der Waals surface area contributed by atoms with Crippen LogP contribution in [0.4, 0.5) is 5.82 Å². The quantitative estimate of drug-likeness (QED) is 0.783. The van der Waals surface area contributed by atoms with Crippen molar-refractivity contribution in [1.82, 2.24) is 24.6 Å². The number of anilines is 1. The number of carbonyl (C=O) groups excluding carboxylic acids is 1. The average molecular weight is 232 g/mol. The molecule has 0 aromatic carbocycles. The molecule has 0 unspecified atom stereocenters. The molecule has 7 nitrogen and oxygen atoms in total. The molecule has 2 aromatic heterocycles. The van der Waals surface area contributed by atoms with Gasteiger partial charge in [-0.2, -0.15) is 5.10 Å². The SMILES string of the molecule is CN(C)C(=O)c1ccn(-c2cc(N)ncn2)n1. The molecule has 2 aromatic rings. The minimum Gasteiger partial charge on any atom is -0.384 e. The minimum atomic E-state index is -0.161. The molecule has 2 N–H and O–H groups in total. The second kappa shape index (κ2) is 4.20. The van der Waals surface area contributed by atoms with E-state index in [9.17, 15) is 4.79 Å². The third-order valence-electron chi connectivity index (χ3n) is 2.12. The zero-order chi connectivity index (χ0) is 12.4. The van der Waals surface area contributed by atoms with Crippen molar-refractivity contribution in [3.63, 3.8) is 0 Å². The summed E-state index contributed by atoms with van der Waals surface area (Å²) in [5, 5.41) is 4.12. The van der Waals surface area contributed by atoms with E-state index in [1.807, 2.05) is 0 Å². The van der Waals surface area contributed by atoms with Crippen LogP contribution in [0, 0.1) is 0 Å². The zero-order valence-corrected chi connectivity index (χ0v) is 9.53. The van der Waals surface area contributed by atoms with Crippen molar-refractivity contribution < 1.29 is 4.79 Å². The molecule has 0 atom stereocenters. The maximum absolute atomic E-state index is 11.6. The van der Waals surface area contributed by atoms with Gasteiger partial charge >= 0.3 is 0 Å². The van der Waals surface area contributed by atoms with Crippen LogP contribution < -0.4 is 5.73 Å². The van der Waals surface area contributed by atoms with Crippen LogP contribution >= 0.6 is 0 Å². The Morgan fingerprint density at radius 3 is 2.82 bits per heavy atom. The standard InChI is InChI=1S/C10H12N6O/c1-15(2)10(17)7-3-4-16(14-7)9-5-8(11)12-6-13-9/h3-6H,1-2H3,(H2,11,12,13). The molecule has 88 valence electrons. The number of nitrogens with two attached hydrogens (primary N) is 1. The lowest BCUT2D eigenvalue weighted by molar-refractivity contribution is 0.0821. The van der Waals surface area contributed by atoms with E-state index in [2.05, 4.69) is 15.1 Å². The molecule has 0 aliphatic rings. The zero-order valence-electron chi connectivity index (χ0n) is 9.53. The van der Waals surface area contributed by atoms with Crippen LogP contribution in [-0.4, -0.2) is 44.7 Å². The Kier molecular flexibility index (Phi) is 2.73. The predicted octanol–water partition coefficient (Wildman–Crippen LogP) is -0.0537. The highest BCUT2D eigenvalue weighted by atomic mass is 16.2. The fourth-order valence-corrected chi connectivity index (χ4v) is 1.28. The Hall–Kier alpha value is -2.44. The lowest BCUT2D eigenvalue weighted by Gasteiger charge is -2.06. The summed E-state index contributed by atoms with van der Waals surface area (Å²) in [5.74, 6) is 0.715. The van der Waals surface area contributed by atoms with E-state index in [-0.39, 0.29) is 5.91 Å². The van der Waals surface area contributed by atoms with Gasteiger partial charge in [0.2, 0.25) is 0 Å². The van der Waals surface area contributed by atoms with Gasteiger partial charge in [0, 0.05) is 26.4 Å².